The van der Waals surface area contributed by atoms with Crippen LogP contribution in [0.25, 0.3) is 0 Å². The molecule has 27 heavy (non-hydrogen) atoms. The van der Waals surface area contributed by atoms with E-state index in [2.05, 4.69) is 0 Å². The van der Waals surface area contributed by atoms with E-state index in [-0.39, 0.29) is 74.8 Å². The number of carbonyl (C=O) groups is 2. The summed E-state index contributed by atoms with van der Waals surface area (Å²) in [4.78, 5) is 63.4. The molecular weight excluding hydrogens is 416 g/mol. The Labute approximate surface area is 208 Å². The first-order valence-electron chi connectivity index (χ1n) is 8.66. The maximum Gasteiger partial charge on any atom is 1.00 e. The Morgan fingerprint density at radius 2 is 0.704 bits per heavy atom. The third-order valence-electron chi connectivity index (χ3n) is 3.89. The topological polar surface area (TPSA) is 161 Å². The van der Waals surface area contributed by atoms with Gasteiger partial charge in [-0.25, -0.2) is 0 Å². The van der Waals surface area contributed by atoms with Gasteiger partial charge in [0.05, 0.1) is 0 Å². The first-order valence-corrected chi connectivity index (χ1v) is 11.7. The van der Waals surface area contributed by atoms with E-state index < -0.39 is 26.2 Å². The van der Waals surface area contributed by atoms with E-state index in [9.17, 15) is 38.3 Å². The maximum absolute atomic E-state index is 10.9. The molecule has 8 nitrogen and oxygen atoms in total. The van der Waals surface area contributed by atoms with Crippen molar-refractivity contribution in [2.45, 2.75) is 83.5 Å². The number of unbranched alkanes of at least 4 members (excludes halogenated alkanes) is 10. The van der Waals surface area contributed by atoms with Gasteiger partial charge in [0.15, 0.2) is 11.0 Å². The summed E-state index contributed by atoms with van der Waals surface area (Å²) in [5.41, 5.74) is -2.41. The van der Waals surface area contributed by atoms with Crippen molar-refractivity contribution in [1.29, 1.82) is 0 Å². The van der Waals surface area contributed by atoms with Crippen LogP contribution in [-0.2, 0) is 18.7 Å². The Balaban J connectivity index is -0.000000480. The Morgan fingerprint density at radius 1 is 0.519 bits per heavy atom. The quantitative estimate of drug-likeness (QED) is 0.130. The van der Waals surface area contributed by atoms with Crippen molar-refractivity contribution in [3.63, 3.8) is 0 Å². The average molecular weight is 444 g/mol. The van der Waals surface area contributed by atoms with Crippen LogP contribution >= 0.6 is 15.2 Å². The van der Waals surface area contributed by atoms with E-state index >= 15 is 0 Å². The van der Waals surface area contributed by atoms with Crippen LogP contribution in [0.3, 0.4) is 0 Å². The molecule has 0 aromatic rings. The summed E-state index contributed by atoms with van der Waals surface area (Å²) in [6, 6.07) is 0. The summed E-state index contributed by atoms with van der Waals surface area (Å²) in [6.07, 6.45) is 8.77. The second kappa shape index (κ2) is 18.4. The zero-order valence-electron chi connectivity index (χ0n) is 18.4. The smallest absolute Gasteiger partial charge is 0.805 e. The van der Waals surface area contributed by atoms with Gasteiger partial charge in [-0.05, 0) is 12.8 Å². The summed E-state index contributed by atoms with van der Waals surface area (Å²) < 4.78 is 20.8. The van der Waals surface area contributed by atoms with Gasteiger partial charge in [0.25, 0.3) is 0 Å². The molecule has 0 atom stereocenters. The molecule has 0 radical (unpaired) electrons. The van der Waals surface area contributed by atoms with Crippen molar-refractivity contribution in [3.05, 3.63) is 0 Å². The minimum absolute atomic E-state index is 0. The molecule has 0 unspecified atom stereocenters. The fourth-order valence-corrected chi connectivity index (χ4v) is 3.28. The molecule has 148 valence electrons. The normalized spacial score (nSPS) is 11.4. The third kappa shape index (κ3) is 20.7. The molecule has 0 fully saturated rings. The fraction of sp³-hybridized carbons (Fsp3) is 0.867. The molecule has 0 aliphatic rings. The van der Waals surface area contributed by atoms with Crippen LogP contribution < -0.4 is 78.7 Å². The molecule has 0 rings (SSSR count). The maximum atomic E-state index is 10.9. The van der Waals surface area contributed by atoms with Gasteiger partial charge in [0.2, 0.25) is 0 Å². The number of hydrogen-bond acceptors (Lipinski definition) is 8. The van der Waals surface area contributed by atoms with E-state index in [0.717, 1.165) is 57.8 Å². The average Bonchev–Trinajstić information content (AvgIpc) is 2.49. The zero-order valence-corrected chi connectivity index (χ0v) is 22.1. The summed E-state index contributed by atoms with van der Waals surface area (Å²) in [7, 11) is -10.1. The monoisotopic (exact) mass is 444 g/mol. The van der Waals surface area contributed by atoms with E-state index in [1.165, 1.54) is 0 Å². The van der Waals surface area contributed by atoms with Gasteiger partial charge in [-0.3, -0.25) is 9.59 Å². The molecule has 0 aliphatic heterocycles. The fourth-order valence-electron chi connectivity index (χ4n) is 2.42. The summed E-state index contributed by atoms with van der Waals surface area (Å²) >= 11 is 0. The van der Waals surface area contributed by atoms with Crippen LogP contribution in [0, 0.1) is 0 Å². The van der Waals surface area contributed by atoms with Gasteiger partial charge < -0.3 is 28.7 Å². The second-order valence-electron chi connectivity index (χ2n) is 6.17. The molecule has 0 amide bonds. The first kappa shape index (κ1) is 33.3. The Hall–Kier alpha value is 1.64. The molecule has 12 heteroatoms. The van der Waals surface area contributed by atoms with Crippen LogP contribution in [0.5, 0.6) is 0 Å². The number of carbonyl (C=O) groups excluding carboxylic acids is 2. The first-order chi connectivity index (χ1) is 11.5. The van der Waals surface area contributed by atoms with E-state index in [0.29, 0.717) is 12.8 Å². The van der Waals surface area contributed by atoms with E-state index in [4.69, 9.17) is 0 Å². The Morgan fingerprint density at radius 3 is 0.889 bits per heavy atom. The molecule has 0 bridgehead atoms. The molecule has 0 aromatic carbocycles. The predicted octanol–water partition coefficient (Wildman–Crippen LogP) is -4.83. The Bertz CT molecular complexity index is 471. The molecule has 0 spiro atoms. The van der Waals surface area contributed by atoms with Crippen LogP contribution in [0.15, 0.2) is 0 Å². The Kier molecular flexibility index (Phi) is 22.7. The molecule has 0 heterocycles. The minimum atomic E-state index is -5.06. The van der Waals surface area contributed by atoms with Crippen LogP contribution in [0.4, 0.5) is 0 Å². The molecule has 0 aliphatic carbocycles. The van der Waals surface area contributed by atoms with Crippen LogP contribution in [0.1, 0.15) is 86.3 Å². The van der Waals surface area contributed by atoms with Crippen molar-refractivity contribution in [2.24, 2.45) is 0 Å². The van der Waals surface area contributed by atoms with Crippen molar-refractivity contribution < 1.29 is 100 Å². The molecular formula is C15H28Na2O8P2. The SMILES string of the molecule is O=C(CCCCCCCCCCCCCC(=O)P(=O)([O-])[O-])P(=O)([O-])[O-].[H+].[H+].[Na+].[Na+]. The van der Waals surface area contributed by atoms with E-state index in [1.54, 1.807) is 0 Å². The summed E-state index contributed by atoms with van der Waals surface area (Å²) in [6.45, 7) is 0. The van der Waals surface area contributed by atoms with Gasteiger partial charge in [-0.2, -0.15) is 0 Å². The molecule has 0 saturated carbocycles. The largest absolute Gasteiger partial charge is 1.00 e. The number of rotatable bonds is 16. The zero-order chi connectivity index (χ0) is 19.3. The van der Waals surface area contributed by atoms with Crippen molar-refractivity contribution in [1.82, 2.24) is 0 Å². The number of hydrogen-bond donors (Lipinski definition) is 0. The van der Waals surface area contributed by atoms with Gasteiger partial charge >= 0.3 is 62.0 Å². The van der Waals surface area contributed by atoms with Crippen molar-refractivity contribution in [2.75, 3.05) is 0 Å². The summed E-state index contributed by atoms with van der Waals surface area (Å²) in [5.74, 6) is 0. The van der Waals surface area contributed by atoms with Crippen LogP contribution in [0.2, 0.25) is 0 Å². The third-order valence-corrected chi connectivity index (χ3v) is 5.56. The van der Waals surface area contributed by atoms with E-state index in [1.807, 2.05) is 0 Å². The molecule has 0 N–H and O–H groups in total. The van der Waals surface area contributed by atoms with Gasteiger partial charge in [-0.1, -0.05) is 57.8 Å². The molecule has 0 aromatic heterocycles. The second-order valence-corrected chi connectivity index (χ2v) is 9.16. The predicted molar refractivity (Wildman–Crippen MR) is 87.5 cm³/mol. The van der Waals surface area contributed by atoms with Crippen molar-refractivity contribution >= 4 is 26.2 Å². The van der Waals surface area contributed by atoms with Gasteiger partial charge in [0, 0.05) is 28.0 Å². The van der Waals surface area contributed by atoms with Gasteiger partial charge in [0.1, 0.15) is 0 Å². The standard InChI is InChI=1S/C15H30O8P2.2Na/c16-14(24(18,19)20)12-10-8-6-4-2-1-3-5-7-9-11-13-15(17)25(21,22)23;;/h1-13H2,(H2,18,19,20)(H2,21,22,23);;/q;2*+1/p-2. The van der Waals surface area contributed by atoms with Gasteiger partial charge in [-0.15, -0.1) is 0 Å². The summed E-state index contributed by atoms with van der Waals surface area (Å²) in [5, 5.41) is 0. The molecule has 0 saturated heterocycles. The van der Waals surface area contributed by atoms with Crippen LogP contribution in [-0.4, -0.2) is 11.0 Å². The minimum Gasteiger partial charge on any atom is -0.805 e. The van der Waals surface area contributed by atoms with Crippen molar-refractivity contribution in [3.8, 4) is 0 Å².